The molecule has 1 aliphatic heterocycles. The van der Waals surface area contributed by atoms with E-state index in [0.29, 0.717) is 0 Å². The van der Waals surface area contributed by atoms with Gasteiger partial charge in [-0.1, -0.05) is 6.42 Å². The van der Waals surface area contributed by atoms with Gasteiger partial charge in [0, 0.05) is 23.5 Å². The van der Waals surface area contributed by atoms with Gasteiger partial charge in [-0.3, -0.25) is 4.79 Å². The first kappa shape index (κ1) is 15.4. The quantitative estimate of drug-likeness (QED) is 0.841. The third kappa shape index (κ3) is 4.84. The molecule has 1 amide bonds. The first-order valence-electron chi connectivity index (χ1n) is 7.36. The van der Waals surface area contributed by atoms with E-state index in [-0.39, 0.29) is 5.91 Å². The highest BCUT2D eigenvalue weighted by molar-refractivity contribution is 7.99. The van der Waals surface area contributed by atoms with Crippen molar-refractivity contribution in [2.45, 2.75) is 43.5 Å². The predicted molar refractivity (Wildman–Crippen MR) is 86.4 cm³/mol. The third-order valence-corrected chi connectivity index (χ3v) is 4.86. The molecule has 0 aliphatic carbocycles. The van der Waals surface area contributed by atoms with Gasteiger partial charge in [0.1, 0.15) is 0 Å². The van der Waals surface area contributed by atoms with Gasteiger partial charge in [0.25, 0.3) is 0 Å². The highest BCUT2D eigenvalue weighted by atomic mass is 32.2. The molecule has 1 aliphatic rings. The number of anilines is 1. The molecule has 0 spiro atoms. The molecule has 1 aromatic carbocycles. The van der Waals surface area contributed by atoms with Crippen LogP contribution in [0.4, 0.5) is 5.69 Å². The van der Waals surface area contributed by atoms with Crippen molar-refractivity contribution >= 4 is 23.4 Å². The van der Waals surface area contributed by atoms with Gasteiger partial charge < -0.3 is 10.2 Å². The van der Waals surface area contributed by atoms with Crippen molar-refractivity contribution in [3.8, 4) is 0 Å². The first-order valence-corrected chi connectivity index (χ1v) is 8.34. The molecule has 0 bridgehead atoms. The molecule has 3 nitrogen and oxygen atoms in total. The number of benzene rings is 1. The van der Waals surface area contributed by atoms with E-state index < -0.39 is 0 Å². The summed E-state index contributed by atoms with van der Waals surface area (Å²) in [6.07, 6.45) is 5.34. The largest absolute Gasteiger partial charge is 0.326 e. The molecular formula is C16H24N2OS. The second kappa shape index (κ2) is 7.70. The molecule has 0 radical (unpaired) electrons. The Balaban J connectivity index is 1.74. The van der Waals surface area contributed by atoms with Crippen LogP contribution < -0.4 is 5.32 Å². The van der Waals surface area contributed by atoms with E-state index in [1.54, 1.807) is 0 Å². The molecule has 0 aromatic heterocycles. The van der Waals surface area contributed by atoms with Crippen LogP contribution >= 0.6 is 11.8 Å². The first-order chi connectivity index (χ1) is 9.65. The number of likely N-dealkylation sites (tertiary alicyclic amines) is 1. The van der Waals surface area contributed by atoms with Crippen molar-refractivity contribution in [1.82, 2.24) is 4.90 Å². The number of hydrogen-bond acceptors (Lipinski definition) is 3. The maximum absolute atomic E-state index is 11.0. The Morgan fingerprint density at radius 3 is 2.75 bits per heavy atom. The number of nitrogens with zero attached hydrogens (tertiary/aromatic N) is 1. The number of hydrogen-bond donors (Lipinski definition) is 1. The molecule has 20 heavy (non-hydrogen) atoms. The Hall–Kier alpha value is -1.00. The summed E-state index contributed by atoms with van der Waals surface area (Å²) in [4.78, 5) is 14.7. The summed E-state index contributed by atoms with van der Waals surface area (Å²) in [5.41, 5.74) is 0.869. The lowest BCUT2D eigenvalue weighted by Crippen LogP contribution is -2.36. The number of carbonyl (C=O) groups excluding carboxylic acids is 1. The summed E-state index contributed by atoms with van der Waals surface area (Å²) < 4.78 is 0. The molecule has 2 rings (SSSR count). The normalized spacial score (nSPS) is 19.8. The zero-order chi connectivity index (χ0) is 14.4. The highest BCUT2D eigenvalue weighted by Crippen LogP contribution is 2.24. The summed E-state index contributed by atoms with van der Waals surface area (Å²) in [6, 6.07) is 8.86. The zero-order valence-electron chi connectivity index (χ0n) is 12.4. The number of amides is 1. The number of thioether (sulfide) groups is 1. The van der Waals surface area contributed by atoms with Crippen LogP contribution in [-0.2, 0) is 4.79 Å². The zero-order valence-corrected chi connectivity index (χ0v) is 13.2. The van der Waals surface area contributed by atoms with Gasteiger partial charge in [0.05, 0.1) is 0 Å². The van der Waals surface area contributed by atoms with E-state index in [9.17, 15) is 4.79 Å². The molecule has 1 atom stereocenters. The van der Waals surface area contributed by atoms with Crippen LogP contribution in [0.5, 0.6) is 0 Å². The molecule has 1 aromatic rings. The molecule has 0 unspecified atom stereocenters. The molecule has 1 fully saturated rings. The van der Waals surface area contributed by atoms with Gasteiger partial charge in [0.15, 0.2) is 0 Å². The second-order valence-corrected chi connectivity index (χ2v) is 6.64. The average Bonchev–Trinajstić information content (AvgIpc) is 2.42. The van der Waals surface area contributed by atoms with Gasteiger partial charge >= 0.3 is 0 Å². The maximum Gasteiger partial charge on any atom is 0.221 e. The minimum absolute atomic E-state index is 0.0225. The van der Waals surface area contributed by atoms with Crippen molar-refractivity contribution in [3.63, 3.8) is 0 Å². The van der Waals surface area contributed by atoms with Crippen molar-refractivity contribution in [1.29, 1.82) is 0 Å². The molecule has 0 saturated carbocycles. The van der Waals surface area contributed by atoms with E-state index in [4.69, 9.17) is 0 Å². The number of carbonyl (C=O) groups is 1. The Labute approximate surface area is 126 Å². The minimum atomic E-state index is -0.0225. The third-order valence-electron chi connectivity index (χ3n) is 3.82. The SMILES string of the molecule is CC(=O)Nc1ccc(SCC[C@H]2CCCCN2C)cc1. The van der Waals surface area contributed by atoms with Crippen LogP contribution in [0.15, 0.2) is 29.2 Å². The van der Waals surface area contributed by atoms with E-state index >= 15 is 0 Å². The van der Waals surface area contributed by atoms with Gasteiger partial charge in [-0.15, -0.1) is 11.8 Å². The van der Waals surface area contributed by atoms with Crippen molar-refractivity contribution in [2.75, 3.05) is 24.7 Å². The van der Waals surface area contributed by atoms with Crippen LogP contribution in [0.2, 0.25) is 0 Å². The Morgan fingerprint density at radius 2 is 2.10 bits per heavy atom. The summed E-state index contributed by atoms with van der Waals surface area (Å²) >= 11 is 1.90. The van der Waals surface area contributed by atoms with Gasteiger partial charge in [-0.2, -0.15) is 0 Å². The van der Waals surface area contributed by atoms with E-state index in [1.165, 1.54) is 44.0 Å². The Kier molecular flexibility index (Phi) is 5.92. The van der Waals surface area contributed by atoms with Gasteiger partial charge in [-0.05, 0) is 62.9 Å². The van der Waals surface area contributed by atoms with Crippen LogP contribution in [0.1, 0.15) is 32.6 Å². The number of nitrogens with one attached hydrogen (secondary N) is 1. The summed E-state index contributed by atoms with van der Waals surface area (Å²) in [5, 5.41) is 2.79. The van der Waals surface area contributed by atoms with Gasteiger partial charge in [0.2, 0.25) is 5.91 Å². The fraction of sp³-hybridized carbons (Fsp3) is 0.562. The van der Waals surface area contributed by atoms with Crippen molar-refractivity contribution in [3.05, 3.63) is 24.3 Å². The van der Waals surface area contributed by atoms with Crippen LogP contribution in [-0.4, -0.2) is 36.2 Å². The second-order valence-electron chi connectivity index (χ2n) is 5.47. The molecule has 4 heteroatoms. The van der Waals surface area contributed by atoms with E-state index in [2.05, 4.69) is 29.4 Å². The standard InChI is InChI=1S/C16H24N2OS/c1-13(19)17-14-6-8-16(9-7-14)20-12-10-15-5-3-4-11-18(15)2/h6-9,15H,3-5,10-12H2,1-2H3,(H,17,19)/t15-/m1/s1. The molecule has 1 heterocycles. The minimum Gasteiger partial charge on any atom is -0.326 e. The Bertz CT molecular complexity index is 433. The highest BCUT2D eigenvalue weighted by Gasteiger charge is 2.18. The lowest BCUT2D eigenvalue weighted by molar-refractivity contribution is -0.114. The van der Waals surface area contributed by atoms with Crippen molar-refractivity contribution in [2.24, 2.45) is 0 Å². The van der Waals surface area contributed by atoms with E-state index in [0.717, 1.165) is 17.5 Å². The molecular weight excluding hydrogens is 268 g/mol. The number of rotatable bonds is 5. The maximum atomic E-state index is 11.0. The van der Waals surface area contributed by atoms with Crippen molar-refractivity contribution < 1.29 is 4.79 Å². The molecule has 110 valence electrons. The summed E-state index contributed by atoms with van der Waals surface area (Å²) in [6.45, 7) is 2.78. The fourth-order valence-corrected chi connectivity index (χ4v) is 3.61. The van der Waals surface area contributed by atoms with E-state index in [1.807, 2.05) is 23.9 Å². The van der Waals surface area contributed by atoms with Crippen LogP contribution in [0.3, 0.4) is 0 Å². The molecule has 1 N–H and O–H groups in total. The number of piperidine rings is 1. The average molecular weight is 292 g/mol. The van der Waals surface area contributed by atoms with Crippen LogP contribution in [0.25, 0.3) is 0 Å². The monoisotopic (exact) mass is 292 g/mol. The predicted octanol–water partition coefficient (Wildman–Crippen LogP) is 3.61. The topological polar surface area (TPSA) is 32.3 Å². The van der Waals surface area contributed by atoms with Crippen LogP contribution in [0, 0.1) is 0 Å². The smallest absolute Gasteiger partial charge is 0.221 e. The summed E-state index contributed by atoms with van der Waals surface area (Å²) in [7, 11) is 2.25. The fourth-order valence-electron chi connectivity index (χ4n) is 2.66. The lowest BCUT2D eigenvalue weighted by atomic mass is 10.0. The Morgan fingerprint density at radius 1 is 1.35 bits per heavy atom. The lowest BCUT2D eigenvalue weighted by Gasteiger charge is -2.32. The molecule has 1 saturated heterocycles. The summed E-state index contributed by atoms with van der Waals surface area (Å²) in [5.74, 6) is 1.14. The van der Waals surface area contributed by atoms with Gasteiger partial charge in [-0.25, -0.2) is 0 Å².